The van der Waals surface area contributed by atoms with Crippen molar-refractivity contribution in [2.75, 3.05) is 0 Å². The summed E-state index contributed by atoms with van der Waals surface area (Å²) in [6, 6.07) is 2.06. The van der Waals surface area contributed by atoms with Gasteiger partial charge in [0.05, 0.1) is 0 Å². The molecule has 0 atom stereocenters. The van der Waals surface area contributed by atoms with Crippen molar-refractivity contribution in [2.45, 2.75) is 99.8 Å². The lowest BCUT2D eigenvalue weighted by atomic mass is 9.67. The van der Waals surface area contributed by atoms with Crippen LogP contribution >= 0.6 is 0 Å². The molecule has 0 bridgehead atoms. The Hall–Kier alpha value is -1.51. The van der Waals surface area contributed by atoms with Crippen LogP contribution in [0.3, 0.4) is 0 Å². The Morgan fingerprint density at radius 1 is 0.815 bits per heavy atom. The molecule has 0 spiro atoms. The average molecular weight is 377 g/mol. The Balaban J connectivity index is 3.78. The summed E-state index contributed by atoms with van der Waals surface area (Å²) in [7, 11) is 0. The molecule has 1 aromatic rings. The normalized spacial score (nSPS) is 13.7. The van der Waals surface area contributed by atoms with E-state index in [1.54, 1.807) is 0 Å². The molecular weight excluding hydrogens is 336 g/mol. The summed E-state index contributed by atoms with van der Waals surface area (Å²) in [6.07, 6.45) is 1.76. The van der Waals surface area contributed by atoms with Gasteiger partial charge >= 0.3 is 5.97 Å². The zero-order chi connectivity index (χ0) is 21.6. The van der Waals surface area contributed by atoms with E-state index in [4.69, 9.17) is 0 Å². The molecule has 0 aliphatic carbocycles. The first-order valence-corrected chi connectivity index (χ1v) is 9.89. The summed E-state index contributed by atoms with van der Waals surface area (Å²) >= 11 is 0. The van der Waals surface area contributed by atoms with Gasteiger partial charge in [0.1, 0.15) is 11.3 Å². The van der Waals surface area contributed by atoms with Gasteiger partial charge in [0.2, 0.25) is 0 Å². The van der Waals surface area contributed by atoms with E-state index in [1.807, 2.05) is 6.92 Å². The van der Waals surface area contributed by atoms with Gasteiger partial charge in [0, 0.05) is 5.56 Å². The monoisotopic (exact) mass is 376 g/mol. The van der Waals surface area contributed by atoms with E-state index in [-0.39, 0.29) is 33.0 Å². The van der Waals surface area contributed by atoms with Crippen molar-refractivity contribution in [1.29, 1.82) is 0 Å². The minimum atomic E-state index is -1.06. The number of rotatable bonds is 5. The molecule has 0 radical (unpaired) electrons. The fraction of sp³-hybridized carbons (Fsp3) is 0.708. The molecule has 0 heterocycles. The van der Waals surface area contributed by atoms with Crippen LogP contribution in [-0.2, 0) is 10.8 Å². The zero-order valence-corrected chi connectivity index (χ0v) is 19.3. The van der Waals surface area contributed by atoms with Crippen molar-refractivity contribution in [1.82, 2.24) is 0 Å². The molecule has 0 unspecified atom stereocenters. The summed E-state index contributed by atoms with van der Waals surface area (Å²) < 4.78 is 0. The maximum absolute atomic E-state index is 12.0. The third-order valence-corrected chi connectivity index (χ3v) is 5.18. The molecule has 0 aliphatic rings. The number of carbonyl (C=O) groups is 1. The van der Waals surface area contributed by atoms with Crippen molar-refractivity contribution in [3.8, 4) is 5.75 Å². The molecule has 1 rings (SSSR count). The minimum absolute atomic E-state index is 0.0477. The van der Waals surface area contributed by atoms with Crippen LogP contribution in [0, 0.1) is 17.8 Å². The molecule has 0 aromatic heterocycles. The SMILES string of the molecule is Cc1c(C(C)(C)CC(C)(C)C)cc(C(C)(C)CC(C)(C)C)c(O)c1C(=O)O. The topological polar surface area (TPSA) is 57.5 Å². The lowest BCUT2D eigenvalue weighted by Gasteiger charge is -2.38. The molecule has 3 heteroatoms. The number of hydrogen-bond donors (Lipinski definition) is 2. The van der Waals surface area contributed by atoms with Gasteiger partial charge < -0.3 is 10.2 Å². The quantitative estimate of drug-likeness (QED) is 0.592. The number of aromatic hydroxyl groups is 1. The molecule has 3 nitrogen and oxygen atoms in total. The van der Waals surface area contributed by atoms with Crippen LogP contribution in [-0.4, -0.2) is 16.2 Å². The first-order chi connectivity index (χ1) is 11.8. The third kappa shape index (κ3) is 5.73. The van der Waals surface area contributed by atoms with E-state index in [2.05, 4.69) is 75.3 Å². The second kappa shape index (κ2) is 7.14. The van der Waals surface area contributed by atoms with E-state index < -0.39 is 5.97 Å². The summed E-state index contributed by atoms with van der Waals surface area (Å²) in [4.78, 5) is 12.0. The predicted molar refractivity (Wildman–Crippen MR) is 114 cm³/mol. The molecule has 0 saturated carbocycles. The van der Waals surface area contributed by atoms with E-state index in [9.17, 15) is 15.0 Å². The zero-order valence-electron chi connectivity index (χ0n) is 19.3. The molecule has 0 amide bonds. The average Bonchev–Trinajstić information content (AvgIpc) is 2.30. The second-order valence-electron chi connectivity index (χ2n) is 11.9. The molecule has 1 aromatic carbocycles. The van der Waals surface area contributed by atoms with E-state index >= 15 is 0 Å². The van der Waals surface area contributed by atoms with E-state index in [1.165, 1.54) is 0 Å². The highest BCUT2D eigenvalue weighted by molar-refractivity contribution is 5.93. The van der Waals surface area contributed by atoms with Crippen LogP contribution in [0.1, 0.15) is 109 Å². The number of hydrogen-bond acceptors (Lipinski definition) is 2. The van der Waals surface area contributed by atoms with Gasteiger partial charge in [-0.15, -0.1) is 0 Å². The van der Waals surface area contributed by atoms with Gasteiger partial charge in [0.25, 0.3) is 0 Å². The second-order valence-corrected chi connectivity index (χ2v) is 11.9. The van der Waals surface area contributed by atoms with Crippen molar-refractivity contribution in [3.63, 3.8) is 0 Å². The highest BCUT2D eigenvalue weighted by Crippen LogP contribution is 2.46. The molecule has 0 saturated heterocycles. The van der Waals surface area contributed by atoms with Crippen LogP contribution in [0.2, 0.25) is 0 Å². The van der Waals surface area contributed by atoms with Crippen LogP contribution in [0.25, 0.3) is 0 Å². The molecule has 0 aliphatic heterocycles. The van der Waals surface area contributed by atoms with Crippen molar-refractivity contribution < 1.29 is 15.0 Å². The van der Waals surface area contributed by atoms with Gasteiger partial charge in [0.15, 0.2) is 0 Å². The first-order valence-electron chi connectivity index (χ1n) is 9.89. The fourth-order valence-corrected chi connectivity index (χ4v) is 5.09. The van der Waals surface area contributed by atoms with Crippen molar-refractivity contribution in [2.24, 2.45) is 10.8 Å². The summed E-state index contributed by atoms with van der Waals surface area (Å²) in [5, 5.41) is 20.7. The molecule has 27 heavy (non-hydrogen) atoms. The van der Waals surface area contributed by atoms with E-state index in [0.29, 0.717) is 5.56 Å². The lowest BCUT2D eigenvalue weighted by molar-refractivity contribution is 0.0692. The minimum Gasteiger partial charge on any atom is -0.507 e. The molecule has 2 N–H and O–H groups in total. The van der Waals surface area contributed by atoms with Gasteiger partial charge in [-0.25, -0.2) is 4.79 Å². The summed E-state index contributed by atoms with van der Waals surface area (Å²) in [5.74, 6) is -1.14. The maximum atomic E-state index is 12.0. The van der Waals surface area contributed by atoms with Crippen LogP contribution < -0.4 is 0 Å². The number of carboxylic acid groups (broad SMARTS) is 1. The van der Waals surface area contributed by atoms with Crippen molar-refractivity contribution in [3.05, 3.63) is 28.3 Å². The Morgan fingerprint density at radius 3 is 1.52 bits per heavy atom. The van der Waals surface area contributed by atoms with Crippen molar-refractivity contribution >= 4 is 5.97 Å². The highest BCUT2D eigenvalue weighted by atomic mass is 16.4. The van der Waals surface area contributed by atoms with Gasteiger partial charge in [-0.2, -0.15) is 0 Å². The molecule has 0 fully saturated rings. The predicted octanol–water partition coefficient (Wildman–Crippen LogP) is 6.83. The Kier molecular flexibility index (Phi) is 6.23. The molecular formula is C24H40O3. The lowest BCUT2D eigenvalue weighted by Crippen LogP contribution is -2.29. The summed E-state index contributed by atoms with van der Waals surface area (Å²) in [5.41, 5.74) is 2.10. The largest absolute Gasteiger partial charge is 0.507 e. The third-order valence-electron chi connectivity index (χ3n) is 5.18. The van der Waals surface area contributed by atoms with E-state index in [0.717, 1.165) is 24.0 Å². The van der Waals surface area contributed by atoms with Gasteiger partial charge in [-0.1, -0.05) is 75.3 Å². The first kappa shape index (κ1) is 23.5. The highest BCUT2D eigenvalue weighted by Gasteiger charge is 2.36. The smallest absolute Gasteiger partial charge is 0.339 e. The Morgan fingerprint density at radius 2 is 1.19 bits per heavy atom. The number of phenols is 1. The van der Waals surface area contributed by atoms with Gasteiger partial charge in [-0.3, -0.25) is 0 Å². The van der Waals surface area contributed by atoms with Crippen LogP contribution in [0.4, 0.5) is 0 Å². The number of carboxylic acids is 1. The fourth-order valence-electron chi connectivity index (χ4n) is 5.09. The Labute approximate surface area is 166 Å². The maximum Gasteiger partial charge on any atom is 0.339 e. The number of benzene rings is 1. The van der Waals surface area contributed by atoms with Crippen LogP contribution in [0.5, 0.6) is 5.75 Å². The Bertz CT molecular complexity index is 658. The summed E-state index contributed by atoms with van der Waals surface area (Å²) in [6.45, 7) is 23.5. The standard InChI is InChI=1S/C24H40O3/c1-15-16(23(8,9)13-21(2,3)4)12-17(19(25)18(15)20(26)27)24(10,11)14-22(5,6)7/h12,25H,13-14H2,1-11H3,(H,26,27). The molecule has 154 valence electrons. The van der Waals surface area contributed by atoms with Crippen LogP contribution in [0.15, 0.2) is 6.07 Å². The number of aromatic carboxylic acids is 1. The van der Waals surface area contributed by atoms with Gasteiger partial charge in [-0.05, 0) is 52.6 Å².